The van der Waals surface area contributed by atoms with Crippen molar-refractivity contribution in [1.82, 2.24) is 20.2 Å². The minimum Gasteiger partial charge on any atom is -0.461 e. The molecule has 1 aliphatic rings. The summed E-state index contributed by atoms with van der Waals surface area (Å²) in [5.74, 6) is 2.14. The molecule has 0 aliphatic carbocycles. The number of rotatable bonds is 4. The maximum Gasteiger partial charge on any atom is 0.276 e. The van der Waals surface area contributed by atoms with E-state index in [1.54, 1.807) is 41.5 Å². The second kappa shape index (κ2) is 5.73. The molecule has 0 radical (unpaired) electrons. The number of amides is 1. The van der Waals surface area contributed by atoms with Crippen molar-refractivity contribution in [2.75, 3.05) is 13.1 Å². The SMILES string of the molecule is O=C(c1cc(-c2ccco2)on1)N1CC(c2nc(-c3ccco3)no2)C1. The minimum absolute atomic E-state index is 0.00777. The van der Waals surface area contributed by atoms with E-state index in [1.165, 1.54) is 6.26 Å². The van der Waals surface area contributed by atoms with Gasteiger partial charge in [0.05, 0.1) is 18.4 Å². The lowest BCUT2D eigenvalue weighted by molar-refractivity contribution is 0.0558. The summed E-state index contributed by atoms with van der Waals surface area (Å²) in [6, 6.07) is 8.55. The Hall–Kier alpha value is -3.62. The molecule has 1 amide bonds. The monoisotopic (exact) mass is 352 g/mol. The second-order valence-corrected chi connectivity index (χ2v) is 5.89. The molecule has 0 bridgehead atoms. The van der Waals surface area contributed by atoms with Crippen molar-refractivity contribution in [2.24, 2.45) is 0 Å². The highest BCUT2D eigenvalue weighted by Crippen LogP contribution is 2.29. The van der Waals surface area contributed by atoms with Crippen LogP contribution in [0.3, 0.4) is 0 Å². The Kier molecular flexibility index (Phi) is 3.24. The topological polar surface area (TPSA) is 112 Å². The van der Waals surface area contributed by atoms with Crippen LogP contribution in [0.2, 0.25) is 0 Å². The van der Waals surface area contributed by atoms with E-state index in [4.69, 9.17) is 17.9 Å². The van der Waals surface area contributed by atoms with Crippen LogP contribution in [0.4, 0.5) is 0 Å². The second-order valence-electron chi connectivity index (χ2n) is 5.89. The molecule has 26 heavy (non-hydrogen) atoms. The molecule has 4 aromatic heterocycles. The van der Waals surface area contributed by atoms with E-state index < -0.39 is 0 Å². The van der Waals surface area contributed by atoms with Crippen LogP contribution in [0, 0.1) is 0 Å². The first-order valence-electron chi connectivity index (χ1n) is 7.95. The maximum absolute atomic E-state index is 12.5. The van der Waals surface area contributed by atoms with Gasteiger partial charge in [0.15, 0.2) is 17.2 Å². The van der Waals surface area contributed by atoms with Gasteiger partial charge in [-0.1, -0.05) is 10.3 Å². The third-order valence-corrected chi connectivity index (χ3v) is 4.19. The van der Waals surface area contributed by atoms with Crippen LogP contribution in [-0.4, -0.2) is 39.2 Å². The Bertz CT molecular complexity index is 1030. The smallest absolute Gasteiger partial charge is 0.276 e. The van der Waals surface area contributed by atoms with Gasteiger partial charge in [-0.15, -0.1) is 0 Å². The zero-order valence-corrected chi connectivity index (χ0v) is 13.4. The summed E-state index contributed by atoms with van der Waals surface area (Å²) in [5.41, 5.74) is 0.233. The molecule has 0 atom stereocenters. The molecular formula is C17H12N4O5. The fraction of sp³-hybridized carbons (Fsp3) is 0.176. The summed E-state index contributed by atoms with van der Waals surface area (Å²) >= 11 is 0. The molecule has 9 nitrogen and oxygen atoms in total. The van der Waals surface area contributed by atoms with E-state index in [0.717, 1.165) is 0 Å². The van der Waals surface area contributed by atoms with Crippen molar-refractivity contribution < 1.29 is 22.7 Å². The van der Waals surface area contributed by atoms with Gasteiger partial charge in [0.1, 0.15) is 0 Å². The highest BCUT2D eigenvalue weighted by molar-refractivity contribution is 5.93. The molecule has 9 heteroatoms. The van der Waals surface area contributed by atoms with Crippen LogP contribution < -0.4 is 0 Å². The van der Waals surface area contributed by atoms with E-state index in [0.29, 0.717) is 42.1 Å². The molecule has 1 saturated heterocycles. The Morgan fingerprint density at radius 2 is 1.77 bits per heavy atom. The number of carbonyl (C=O) groups is 1. The van der Waals surface area contributed by atoms with Gasteiger partial charge in [-0.25, -0.2) is 0 Å². The highest BCUT2D eigenvalue weighted by atomic mass is 16.5. The number of likely N-dealkylation sites (tertiary alicyclic amines) is 1. The average Bonchev–Trinajstić information content (AvgIpc) is 3.40. The molecule has 0 aromatic carbocycles. The van der Waals surface area contributed by atoms with Gasteiger partial charge in [-0.2, -0.15) is 4.98 Å². The van der Waals surface area contributed by atoms with Gasteiger partial charge in [0, 0.05) is 19.2 Å². The van der Waals surface area contributed by atoms with Crippen molar-refractivity contribution in [3.05, 3.63) is 54.4 Å². The summed E-state index contributed by atoms with van der Waals surface area (Å²) < 4.78 is 20.9. The normalized spacial score (nSPS) is 14.5. The quantitative estimate of drug-likeness (QED) is 0.551. The predicted molar refractivity (Wildman–Crippen MR) is 84.8 cm³/mol. The number of carbonyl (C=O) groups excluding carboxylic acids is 1. The zero-order valence-electron chi connectivity index (χ0n) is 13.4. The molecule has 1 fully saturated rings. The van der Waals surface area contributed by atoms with E-state index in [1.807, 2.05) is 0 Å². The summed E-state index contributed by atoms with van der Waals surface area (Å²) in [6.07, 6.45) is 3.07. The zero-order chi connectivity index (χ0) is 17.5. The van der Waals surface area contributed by atoms with Crippen LogP contribution in [0.1, 0.15) is 22.3 Å². The number of nitrogens with zero attached hydrogens (tertiary/aromatic N) is 4. The van der Waals surface area contributed by atoms with Crippen LogP contribution in [-0.2, 0) is 0 Å². The van der Waals surface area contributed by atoms with Crippen molar-refractivity contribution >= 4 is 5.91 Å². The van der Waals surface area contributed by atoms with Gasteiger partial charge in [0.2, 0.25) is 17.5 Å². The molecule has 0 unspecified atom stereocenters. The highest BCUT2D eigenvalue weighted by Gasteiger charge is 2.37. The number of furan rings is 2. The molecular weight excluding hydrogens is 340 g/mol. The summed E-state index contributed by atoms with van der Waals surface area (Å²) in [6.45, 7) is 0.948. The van der Waals surface area contributed by atoms with Gasteiger partial charge < -0.3 is 22.8 Å². The molecule has 0 spiro atoms. The molecule has 4 aromatic rings. The lowest BCUT2D eigenvalue weighted by atomic mass is 9.99. The fourth-order valence-electron chi connectivity index (χ4n) is 2.78. The van der Waals surface area contributed by atoms with Crippen LogP contribution in [0.5, 0.6) is 0 Å². The lowest BCUT2D eigenvalue weighted by Crippen LogP contribution is -2.48. The molecule has 1 aliphatic heterocycles. The largest absolute Gasteiger partial charge is 0.461 e. The van der Waals surface area contributed by atoms with Crippen LogP contribution >= 0.6 is 0 Å². The van der Waals surface area contributed by atoms with E-state index in [-0.39, 0.29) is 17.5 Å². The first kappa shape index (κ1) is 14.7. The van der Waals surface area contributed by atoms with E-state index in [9.17, 15) is 4.79 Å². The summed E-state index contributed by atoms with van der Waals surface area (Å²) in [4.78, 5) is 18.4. The third kappa shape index (κ3) is 2.41. The number of aromatic nitrogens is 3. The Morgan fingerprint density at radius 3 is 2.50 bits per heavy atom. The van der Waals surface area contributed by atoms with Crippen LogP contribution in [0.25, 0.3) is 23.1 Å². The number of hydrogen-bond acceptors (Lipinski definition) is 8. The summed E-state index contributed by atoms with van der Waals surface area (Å²) in [5, 5.41) is 7.72. The predicted octanol–water partition coefficient (Wildman–Crippen LogP) is 2.82. The molecule has 5 heterocycles. The van der Waals surface area contributed by atoms with Crippen molar-refractivity contribution in [2.45, 2.75) is 5.92 Å². The van der Waals surface area contributed by atoms with E-state index in [2.05, 4.69) is 15.3 Å². The maximum atomic E-state index is 12.5. The first-order valence-corrected chi connectivity index (χ1v) is 7.95. The van der Waals surface area contributed by atoms with Gasteiger partial charge in [-0.3, -0.25) is 4.79 Å². The third-order valence-electron chi connectivity index (χ3n) is 4.19. The van der Waals surface area contributed by atoms with Gasteiger partial charge in [0.25, 0.3) is 5.91 Å². The Balaban J connectivity index is 1.25. The number of hydrogen-bond donors (Lipinski definition) is 0. The fourth-order valence-corrected chi connectivity index (χ4v) is 2.78. The lowest BCUT2D eigenvalue weighted by Gasteiger charge is -2.36. The Morgan fingerprint density at radius 1 is 1.00 bits per heavy atom. The first-order chi connectivity index (χ1) is 12.8. The molecule has 5 rings (SSSR count). The molecule has 0 N–H and O–H groups in total. The molecule has 0 saturated carbocycles. The van der Waals surface area contributed by atoms with Crippen molar-refractivity contribution in [1.29, 1.82) is 0 Å². The van der Waals surface area contributed by atoms with Crippen LogP contribution in [0.15, 0.2) is 60.7 Å². The van der Waals surface area contributed by atoms with Gasteiger partial charge >= 0.3 is 0 Å². The Labute approximate surface area is 146 Å². The minimum atomic E-state index is -0.214. The van der Waals surface area contributed by atoms with Crippen molar-refractivity contribution in [3.8, 4) is 23.1 Å². The van der Waals surface area contributed by atoms with Gasteiger partial charge in [-0.05, 0) is 24.3 Å². The molecule has 130 valence electrons. The standard InChI is InChI=1S/C17H12N4O5/c22-17(11-7-14(25-19-11)12-3-1-5-23-12)21-8-10(9-21)16-18-15(20-26-16)13-4-2-6-24-13/h1-7,10H,8-9H2. The van der Waals surface area contributed by atoms with Crippen molar-refractivity contribution in [3.63, 3.8) is 0 Å². The summed E-state index contributed by atoms with van der Waals surface area (Å²) in [7, 11) is 0. The van der Waals surface area contributed by atoms with E-state index >= 15 is 0 Å². The average molecular weight is 352 g/mol.